The average Bonchev–Trinajstić information content (AvgIpc) is 3.60. The predicted molar refractivity (Wildman–Crippen MR) is 169 cm³/mol. The third kappa shape index (κ3) is 3.05. The number of rotatable bonds is 2. The van der Waals surface area contributed by atoms with Crippen LogP contribution in [0.15, 0.2) is 127 Å². The van der Waals surface area contributed by atoms with Gasteiger partial charge in [-0.3, -0.25) is 0 Å². The Kier molecular flexibility index (Phi) is 4.48. The first kappa shape index (κ1) is 21.8. The SMILES string of the molecule is c1ccc(-c2nc(-c3ccc4c(c3)cc3c5ccccc5c5ccccc5n43)nc3sc4ccccc4c23)cc1. The van der Waals surface area contributed by atoms with E-state index in [2.05, 4.69) is 126 Å². The molecule has 0 amide bonds. The third-order valence-corrected chi connectivity index (χ3v) is 9.05. The van der Waals surface area contributed by atoms with Crippen LogP contribution in [0.25, 0.3) is 81.0 Å². The largest absolute Gasteiger partial charge is 0.309 e. The van der Waals surface area contributed by atoms with Gasteiger partial charge in [-0.2, -0.15) is 0 Å². The molecule has 5 aromatic carbocycles. The molecule has 0 atom stereocenters. The predicted octanol–water partition coefficient (Wildman–Crippen LogP) is 9.89. The number of thiophene rings is 1. The lowest BCUT2D eigenvalue weighted by atomic mass is 10.1. The zero-order chi connectivity index (χ0) is 26.2. The van der Waals surface area contributed by atoms with E-state index in [1.165, 1.54) is 48.2 Å². The van der Waals surface area contributed by atoms with Crippen LogP contribution in [0, 0.1) is 0 Å². The Morgan fingerprint density at radius 3 is 2.05 bits per heavy atom. The van der Waals surface area contributed by atoms with Gasteiger partial charge in [0.2, 0.25) is 0 Å². The molecular formula is C36H21N3S. The van der Waals surface area contributed by atoms with Crippen LogP contribution in [0.5, 0.6) is 0 Å². The van der Waals surface area contributed by atoms with Gasteiger partial charge >= 0.3 is 0 Å². The van der Waals surface area contributed by atoms with Gasteiger partial charge in [0.15, 0.2) is 5.82 Å². The molecule has 3 nitrogen and oxygen atoms in total. The fraction of sp³-hybridized carbons (Fsp3) is 0. The molecule has 4 aromatic heterocycles. The minimum Gasteiger partial charge on any atom is -0.309 e. The van der Waals surface area contributed by atoms with Crippen molar-refractivity contribution in [3.8, 4) is 22.6 Å². The van der Waals surface area contributed by atoms with Crippen LogP contribution in [-0.4, -0.2) is 14.4 Å². The minimum atomic E-state index is 0.754. The van der Waals surface area contributed by atoms with Gasteiger partial charge in [0.1, 0.15) is 4.83 Å². The quantitative estimate of drug-likeness (QED) is 0.209. The van der Waals surface area contributed by atoms with Crippen molar-refractivity contribution in [1.29, 1.82) is 0 Å². The number of hydrogen-bond acceptors (Lipinski definition) is 3. The lowest BCUT2D eigenvalue weighted by molar-refractivity contribution is 1.24. The second kappa shape index (κ2) is 8.22. The first-order valence-electron chi connectivity index (χ1n) is 13.4. The van der Waals surface area contributed by atoms with E-state index in [-0.39, 0.29) is 0 Å². The molecule has 9 aromatic rings. The molecule has 0 spiro atoms. The Hall–Kier alpha value is -5.06. The van der Waals surface area contributed by atoms with Gasteiger partial charge in [0, 0.05) is 42.8 Å². The molecule has 9 rings (SSSR count). The maximum atomic E-state index is 5.21. The highest BCUT2D eigenvalue weighted by Crippen LogP contribution is 2.40. The van der Waals surface area contributed by atoms with Gasteiger partial charge in [-0.25, -0.2) is 9.97 Å². The number of fused-ring (bicyclic) bond motifs is 11. The van der Waals surface area contributed by atoms with Gasteiger partial charge in [-0.15, -0.1) is 11.3 Å². The van der Waals surface area contributed by atoms with Gasteiger partial charge in [0.05, 0.1) is 22.2 Å². The Morgan fingerprint density at radius 2 is 1.20 bits per heavy atom. The highest BCUT2D eigenvalue weighted by Gasteiger charge is 2.18. The average molecular weight is 528 g/mol. The van der Waals surface area contributed by atoms with E-state index in [4.69, 9.17) is 9.97 Å². The smallest absolute Gasteiger partial charge is 0.161 e. The summed E-state index contributed by atoms with van der Waals surface area (Å²) in [6.07, 6.45) is 0. The second-order valence-electron chi connectivity index (χ2n) is 10.2. The molecule has 40 heavy (non-hydrogen) atoms. The number of benzene rings is 5. The van der Waals surface area contributed by atoms with Gasteiger partial charge in [0.25, 0.3) is 0 Å². The molecule has 0 saturated carbocycles. The van der Waals surface area contributed by atoms with Crippen molar-refractivity contribution in [2.45, 2.75) is 0 Å². The summed E-state index contributed by atoms with van der Waals surface area (Å²) in [5.74, 6) is 0.754. The number of hydrogen-bond donors (Lipinski definition) is 0. The number of aromatic nitrogens is 3. The summed E-state index contributed by atoms with van der Waals surface area (Å²) in [7, 11) is 0. The molecule has 0 aliphatic rings. The Bertz CT molecular complexity index is 2430. The van der Waals surface area contributed by atoms with E-state index >= 15 is 0 Å². The van der Waals surface area contributed by atoms with Crippen molar-refractivity contribution < 1.29 is 0 Å². The van der Waals surface area contributed by atoms with Crippen molar-refractivity contribution in [2.75, 3.05) is 0 Å². The fourth-order valence-electron chi connectivity index (χ4n) is 6.21. The summed E-state index contributed by atoms with van der Waals surface area (Å²) in [6.45, 7) is 0. The molecular weight excluding hydrogens is 506 g/mol. The summed E-state index contributed by atoms with van der Waals surface area (Å²) in [5, 5.41) is 7.32. The van der Waals surface area contributed by atoms with Crippen LogP contribution in [-0.2, 0) is 0 Å². The summed E-state index contributed by atoms with van der Waals surface area (Å²) < 4.78 is 3.62. The van der Waals surface area contributed by atoms with Crippen LogP contribution in [0.4, 0.5) is 0 Å². The zero-order valence-electron chi connectivity index (χ0n) is 21.4. The molecule has 0 fully saturated rings. The number of nitrogens with zero attached hydrogens (tertiary/aromatic N) is 3. The van der Waals surface area contributed by atoms with E-state index in [9.17, 15) is 0 Å². The molecule has 0 unspecified atom stereocenters. The fourth-order valence-corrected chi connectivity index (χ4v) is 7.28. The minimum absolute atomic E-state index is 0.754. The monoisotopic (exact) mass is 527 g/mol. The zero-order valence-corrected chi connectivity index (χ0v) is 22.2. The van der Waals surface area contributed by atoms with Crippen molar-refractivity contribution in [1.82, 2.24) is 14.4 Å². The third-order valence-electron chi connectivity index (χ3n) is 7.98. The molecule has 0 aliphatic heterocycles. The van der Waals surface area contributed by atoms with Crippen molar-refractivity contribution >= 4 is 69.7 Å². The first-order chi connectivity index (χ1) is 19.8. The Morgan fingerprint density at radius 1 is 0.500 bits per heavy atom. The highest BCUT2D eigenvalue weighted by atomic mass is 32.1. The molecule has 186 valence electrons. The van der Waals surface area contributed by atoms with E-state index < -0.39 is 0 Å². The summed E-state index contributed by atoms with van der Waals surface area (Å²) in [5.41, 5.74) is 6.73. The van der Waals surface area contributed by atoms with Crippen LogP contribution >= 0.6 is 11.3 Å². The van der Waals surface area contributed by atoms with Crippen LogP contribution in [0.2, 0.25) is 0 Å². The molecule has 0 N–H and O–H groups in total. The highest BCUT2D eigenvalue weighted by molar-refractivity contribution is 7.25. The van der Waals surface area contributed by atoms with E-state index in [1.54, 1.807) is 11.3 Å². The van der Waals surface area contributed by atoms with E-state index in [0.29, 0.717) is 0 Å². The Labute approximate surface area is 233 Å². The summed E-state index contributed by atoms with van der Waals surface area (Å²) >= 11 is 1.73. The first-order valence-corrected chi connectivity index (χ1v) is 14.2. The maximum absolute atomic E-state index is 5.21. The summed E-state index contributed by atoms with van der Waals surface area (Å²) in [6, 6.07) is 45.3. The number of pyridine rings is 1. The normalized spacial score (nSPS) is 12.0. The number of para-hydroxylation sites is 1. The van der Waals surface area contributed by atoms with Crippen molar-refractivity contribution in [3.05, 3.63) is 127 Å². The lowest BCUT2D eigenvalue weighted by Crippen LogP contribution is -1.94. The molecule has 0 aliphatic carbocycles. The summed E-state index contributed by atoms with van der Waals surface area (Å²) in [4.78, 5) is 11.4. The lowest BCUT2D eigenvalue weighted by Gasteiger charge is -2.10. The Balaban J connectivity index is 1.34. The van der Waals surface area contributed by atoms with Gasteiger partial charge < -0.3 is 4.40 Å². The second-order valence-corrected chi connectivity index (χ2v) is 11.3. The standard InChI is InChI=1S/C36H21N3S/c1-2-10-22(11-3-1)34-33-28-15-7-9-17-32(28)40-36(33)38-35(37-34)23-18-19-29-24(20-23)21-31-27-14-5-4-12-25(27)26-13-6-8-16-30(26)39(29)31/h1-21H. The van der Waals surface area contributed by atoms with E-state index in [1.807, 2.05) is 6.07 Å². The van der Waals surface area contributed by atoms with Crippen LogP contribution < -0.4 is 0 Å². The molecule has 0 bridgehead atoms. The molecule has 0 radical (unpaired) electrons. The van der Waals surface area contributed by atoms with E-state index in [0.717, 1.165) is 32.9 Å². The van der Waals surface area contributed by atoms with Gasteiger partial charge in [-0.1, -0.05) is 91.0 Å². The van der Waals surface area contributed by atoms with Crippen LogP contribution in [0.3, 0.4) is 0 Å². The van der Waals surface area contributed by atoms with Gasteiger partial charge in [-0.05, 0) is 41.8 Å². The molecule has 4 heteroatoms. The molecule has 4 heterocycles. The molecule has 0 saturated heterocycles. The maximum Gasteiger partial charge on any atom is 0.161 e. The topological polar surface area (TPSA) is 30.2 Å². The van der Waals surface area contributed by atoms with Crippen molar-refractivity contribution in [2.24, 2.45) is 0 Å². The van der Waals surface area contributed by atoms with Crippen LogP contribution in [0.1, 0.15) is 0 Å². The van der Waals surface area contributed by atoms with Crippen molar-refractivity contribution in [3.63, 3.8) is 0 Å².